The topological polar surface area (TPSA) is 111 Å². The highest BCUT2D eigenvalue weighted by Crippen LogP contribution is 2.13. The molecule has 0 radical (unpaired) electrons. The van der Waals surface area contributed by atoms with Crippen LogP contribution in [0, 0.1) is 5.92 Å². The van der Waals surface area contributed by atoms with E-state index in [0.717, 1.165) is 0 Å². The Bertz CT molecular complexity index is 733. The number of amides is 1. The lowest BCUT2D eigenvalue weighted by atomic mass is 10.0. The van der Waals surface area contributed by atoms with Crippen molar-refractivity contribution in [3.8, 4) is 0 Å². The van der Waals surface area contributed by atoms with Crippen LogP contribution in [0.15, 0.2) is 29.2 Å². The van der Waals surface area contributed by atoms with Crippen molar-refractivity contribution in [3.63, 3.8) is 0 Å². The lowest BCUT2D eigenvalue weighted by molar-refractivity contribution is 0.0526. The van der Waals surface area contributed by atoms with Crippen LogP contribution in [0.4, 0.5) is 4.79 Å². The predicted octanol–water partition coefficient (Wildman–Crippen LogP) is 2.30. The van der Waals surface area contributed by atoms with Gasteiger partial charge in [-0.05, 0) is 44.4 Å². The summed E-state index contributed by atoms with van der Waals surface area (Å²) in [6.45, 7) is 7.73. The molecule has 0 aliphatic carbocycles. The molecule has 0 aliphatic rings. The Labute approximate surface area is 160 Å². The monoisotopic (exact) mass is 400 g/mol. The Morgan fingerprint density at radius 1 is 1.11 bits per heavy atom. The number of alkyl carbamates (subject to hydrolysis) is 1. The van der Waals surface area contributed by atoms with Crippen molar-refractivity contribution in [1.82, 2.24) is 10.0 Å². The zero-order valence-corrected chi connectivity index (χ0v) is 17.0. The molecular formula is C18H28N2O6S. The first-order chi connectivity index (χ1) is 12.7. The number of esters is 1. The van der Waals surface area contributed by atoms with E-state index in [1.807, 2.05) is 13.8 Å². The molecule has 1 aromatic rings. The minimum Gasteiger partial charge on any atom is -0.462 e. The van der Waals surface area contributed by atoms with E-state index in [9.17, 15) is 18.0 Å². The molecule has 1 aromatic carbocycles. The van der Waals surface area contributed by atoms with Crippen molar-refractivity contribution in [3.05, 3.63) is 29.8 Å². The Morgan fingerprint density at radius 3 is 2.37 bits per heavy atom. The average Bonchev–Trinajstić information content (AvgIpc) is 2.60. The summed E-state index contributed by atoms with van der Waals surface area (Å²) >= 11 is 0. The fourth-order valence-electron chi connectivity index (χ4n) is 2.40. The number of nitrogens with one attached hydrogen (secondary N) is 2. The Kier molecular flexibility index (Phi) is 9.23. The summed E-state index contributed by atoms with van der Waals surface area (Å²) in [6.07, 6.45) is -0.0174. The molecule has 9 heteroatoms. The summed E-state index contributed by atoms with van der Waals surface area (Å²) in [4.78, 5) is 23.4. The summed E-state index contributed by atoms with van der Waals surface area (Å²) in [6, 6.07) is 5.19. The van der Waals surface area contributed by atoms with Gasteiger partial charge in [-0.2, -0.15) is 0 Å². The molecule has 0 spiro atoms. The Morgan fingerprint density at radius 2 is 1.78 bits per heavy atom. The molecular weight excluding hydrogens is 372 g/mol. The van der Waals surface area contributed by atoms with Gasteiger partial charge < -0.3 is 14.8 Å². The van der Waals surface area contributed by atoms with Gasteiger partial charge in [-0.3, -0.25) is 0 Å². The molecule has 0 aromatic heterocycles. The van der Waals surface area contributed by atoms with Gasteiger partial charge in [0.1, 0.15) is 0 Å². The second-order valence-corrected chi connectivity index (χ2v) is 8.06. The predicted molar refractivity (Wildman–Crippen MR) is 101 cm³/mol. The summed E-state index contributed by atoms with van der Waals surface area (Å²) in [5.74, 6) is -0.343. The summed E-state index contributed by atoms with van der Waals surface area (Å²) in [7, 11) is -3.86. The molecule has 0 saturated carbocycles. The number of hydrogen-bond acceptors (Lipinski definition) is 6. The highest BCUT2D eigenvalue weighted by molar-refractivity contribution is 7.89. The second kappa shape index (κ2) is 10.9. The van der Waals surface area contributed by atoms with E-state index in [2.05, 4.69) is 10.0 Å². The van der Waals surface area contributed by atoms with Gasteiger partial charge in [0.25, 0.3) is 0 Å². The number of sulfonamides is 1. The molecule has 0 bridgehead atoms. The van der Waals surface area contributed by atoms with Crippen LogP contribution in [-0.4, -0.2) is 46.3 Å². The van der Waals surface area contributed by atoms with Crippen molar-refractivity contribution in [1.29, 1.82) is 0 Å². The number of carbonyl (C=O) groups is 2. The van der Waals surface area contributed by atoms with E-state index in [-0.39, 0.29) is 36.1 Å². The Hall–Kier alpha value is -2.13. The third kappa shape index (κ3) is 7.96. The van der Waals surface area contributed by atoms with E-state index < -0.39 is 28.1 Å². The van der Waals surface area contributed by atoms with Crippen LogP contribution in [0.3, 0.4) is 0 Å². The zero-order chi connectivity index (χ0) is 20.4. The number of hydrogen-bond donors (Lipinski definition) is 2. The molecule has 8 nitrogen and oxygen atoms in total. The van der Waals surface area contributed by atoms with Gasteiger partial charge in [0.05, 0.1) is 23.7 Å². The average molecular weight is 400 g/mol. The first-order valence-corrected chi connectivity index (χ1v) is 10.4. The standard InChI is InChI=1S/C18H28N2O6S/c1-5-25-17(21)14-8-7-9-16(11-14)27(23,24)19-12-15(10-13(3)4)20-18(22)26-6-2/h7-9,11,13,15,19H,5-6,10,12H2,1-4H3,(H,20,22). The number of carbonyl (C=O) groups excluding carboxylic acids is 2. The van der Waals surface area contributed by atoms with Gasteiger partial charge in [0, 0.05) is 12.6 Å². The first kappa shape index (κ1) is 22.9. The summed E-state index contributed by atoms with van der Waals surface area (Å²) in [5.41, 5.74) is 0.156. The third-order valence-corrected chi connectivity index (χ3v) is 4.95. The lowest BCUT2D eigenvalue weighted by Crippen LogP contribution is -2.44. The lowest BCUT2D eigenvalue weighted by Gasteiger charge is -2.20. The van der Waals surface area contributed by atoms with E-state index in [4.69, 9.17) is 9.47 Å². The van der Waals surface area contributed by atoms with Crippen LogP contribution in [0.1, 0.15) is 44.5 Å². The van der Waals surface area contributed by atoms with Crippen molar-refractivity contribution in [2.45, 2.75) is 45.1 Å². The fourth-order valence-corrected chi connectivity index (χ4v) is 3.53. The van der Waals surface area contributed by atoms with E-state index >= 15 is 0 Å². The molecule has 27 heavy (non-hydrogen) atoms. The highest BCUT2D eigenvalue weighted by Gasteiger charge is 2.21. The van der Waals surface area contributed by atoms with E-state index in [1.165, 1.54) is 24.3 Å². The molecule has 0 aliphatic heterocycles. The second-order valence-electron chi connectivity index (χ2n) is 6.29. The largest absolute Gasteiger partial charge is 0.462 e. The van der Waals surface area contributed by atoms with E-state index in [0.29, 0.717) is 6.42 Å². The number of ether oxygens (including phenoxy) is 2. The van der Waals surface area contributed by atoms with Crippen LogP contribution in [0.2, 0.25) is 0 Å². The normalized spacial score (nSPS) is 12.5. The maximum Gasteiger partial charge on any atom is 0.407 e. The van der Waals surface area contributed by atoms with Gasteiger partial charge in [-0.15, -0.1) is 0 Å². The van der Waals surface area contributed by atoms with Crippen molar-refractivity contribution < 1.29 is 27.5 Å². The van der Waals surface area contributed by atoms with E-state index in [1.54, 1.807) is 13.8 Å². The molecule has 0 saturated heterocycles. The first-order valence-electron chi connectivity index (χ1n) is 8.89. The number of benzene rings is 1. The third-order valence-electron chi connectivity index (χ3n) is 3.53. The SMILES string of the molecule is CCOC(=O)NC(CNS(=O)(=O)c1cccc(C(=O)OCC)c1)CC(C)C. The zero-order valence-electron chi connectivity index (χ0n) is 16.2. The van der Waals surface area contributed by atoms with Gasteiger partial charge in [-0.1, -0.05) is 19.9 Å². The van der Waals surface area contributed by atoms with Crippen LogP contribution in [0.25, 0.3) is 0 Å². The maximum absolute atomic E-state index is 12.6. The van der Waals surface area contributed by atoms with Crippen molar-refractivity contribution >= 4 is 22.1 Å². The van der Waals surface area contributed by atoms with Crippen molar-refractivity contribution in [2.24, 2.45) is 5.92 Å². The summed E-state index contributed by atoms with van der Waals surface area (Å²) < 4.78 is 37.3. The van der Waals surface area contributed by atoms with Gasteiger partial charge in [0.2, 0.25) is 10.0 Å². The highest BCUT2D eigenvalue weighted by atomic mass is 32.2. The quantitative estimate of drug-likeness (QED) is 0.583. The Balaban J connectivity index is 2.86. The van der Waals surface area contributed by atoms with Crippen LogP contribution in [-0.2, 0) is 19.5 Å². The molecule has 0 fully saturated rings. The molecule has 1 atom stereocenters. The summed E-state index contributed by atoms with van der Waals surface area (Å²) in [5, 5.41) is 2.66. The molecule has 0 heterocycles. The smallest absolute Gasteiger partial charge is 0.407 e. The minimum absolute atomic E-state index is 0.00294. The van der Waals surface area contributed by atoms with Crippen LogP contribution >= 0.6 is 0 Å². The molecule has 1 amide bonds. The fraction of sp³-hybridized carbons (Fsp3) is 0.556. The van der Waals surface area contributed by atoms with Gasteiger partial charge in [-0.25, -0.2) is 22.7 Å². The molecule has 1 unspecified atom stereocenters. The molecule has 2 N–H and O–H groups in total. The van der Waals surface area contributed by atoms with Gasteiger partial charge >= 0.3 is 12.1 Å². The van der Waals surface area contributed by atoms with Crippen LogP contribution in [0.5, 0.6) is 0 Å². The van der Waals surface area contributed by atoms with Crippen molar-refractivity contribution in [2.75, 3.05) is 19.8 Å². The minimum atomic E-state index is -3.86. The van der Waals surface area contributed by atoms with Crippen LogP contribution < -0.4 is 10.0 Å². The molecule has 1 rings (SSSR count). The number of rotatable bonds is 10. The van der Waals surface area contributed by atoms with Gasteiger partial charge in [0.15, 0.2) is 0 Å². The molecule has 152 valence electrons. The maximum atomic E-state index is 12.6.